The van der Waals surface area contributed by atoms with Crippen molar-refractivity contribution in [1.29, 1.82) is 0 Å². The fraction of sp³-hybridized carbons (Fsp3) is 1.00. The molecule has 0 saturated carbocycles. The second-order valence-electron chi connectivity index (χ2n) is 6.85. The fourth-order valence-electron chi connectivity index (χ4n) is 3.48. The van der Waals surface area contributed by atoms with Gasteiger partial charge in [0.05, 0.1) is 0 Å². The summed E-state index contributed by atoms with van der Waals surface area (Å²) in [6.07, 6.45) is 4.43. The SMILES string of the molecule is CCO[Si](CCCC(C)CCC[Si](OCC)(OCC)OCC)(OCC)OCC.[SiH4]. The van der Waals surface area contributed by atoms with Crippen molar-refractivity contribution in [2.75, 3.05) is 39.6 Å². The molecule has 6 nitrogen and oxygen atoms in total. The zero-order valence-corrected chi connectivity index (χ0v) is 21.5. The van der Waals surface area contributed by atoms with Crippen LogP contribution in [0.2, 0.25) is 12.1 Å². The molecule has 0 aromatic heterocycles. The molecule has 0 amide bonds. The van der Waals surface area contributed by atoms with Crippen molar-refractivity contribution in [1.82, 2.24) is 0 Å². The van der Waals surface area contributed by atoms with Gasteiger partial charge in [-0.25, -0.2) is 0 Å². The van der Waals surface area contributed by atoms with Crippen molar-refractivity contribution in [3.8, 4) is 0 Å². The van der Waals surface area contributed by atoms with E-state index >= 15 is 0 Å². The van der Waals surface area contributed by atoms with E-state index in [4.69, 9.17) is 26.6 Å². The molecule has 0 rings (SSSR count). The Morgan fingerprint density at radius 2 is 0.759 bits per heavy atom. The minimum atomic E-state index is -2.51. The Morgan fingerprint density at radius 1 is 0.517 bits per heavy atom. The standard InChI is InChI=1S/C20H46O6Si2.H4Si/c1-8-21-27(22-9-2,23-10-3)18-14-16-20(7)17-15-19-28(24-11-4,25-12-5)26-13-6;/h20H,8-19H2,1-7H3;1H4. The van der Waals surface area contributed by atoms with Crippen molar-refractivity contribution < 1.29 is 26.6 Å². The van der Waals surface area contributed by atoms with Crippen LogP contribution in [-0.4, -0.2) is 68.2 Å². The third-order valence-corrected chi connectivity index (χ3v) is 10.8. The molecule has 0 aromatic carbocycles. The molecule has 0 bridgehead atoms. The monoisotopic (exact) mass is 470 g/mol. The molecule has 9 heteroatoms. The third kappa shape index (κ3) is 13.4. The van der Waals surface area contributed by atoms with E-state index in [-0.39, 0.29) is 11.0 Å². The Labute approximate surface area is 187 Å². The highest BCUT2D eigenvalue weighted by Crippen LogP contribution is 2.25. The van der Waals surface area contributed by atoms with E-state index in [0.717, 1.165) is 37.8 Å². The van der Waals surface area contributed by atoms with Gasteiger partial charge in [-0.05, 0) is 71.3 Å². The van der Waals surface area contributed by atoms with Crippen LogP contribution < -0.4 is 0 Å². The summed E-state index contributed by atoms with van der Waals surface area (Å²) in [6.45, 7) is 18.2. The Balaban J connectivity index is 0. The summed E-state index contributed by atoms with van der Waals surface area (Å²) < 4.78 is 35.7. The highest BCUT2D eigenvalue weighted by molar-refractivity contribution is 6.61. The van der Waals surface area contributed by atoms with Crippen LogP contribution in [0.15, 0.2) is 0 Å². The molecule has 178 valence electrons. The predicted octanol–water partition coefficient (Wildman–Crippen LogP) is 3.83. The van der Waals surface area contributed by atoms with Crippen molar-refractivity contribution in [3.05, 3.63) is 0 Å². The zero-order valence-electron chi connectivity index (χ0n) is 19.5. The molecule has 0 saturated heterocycles. The molecule has 0 unspecified atom stereocenters. The van der Waals surface area contributed by atoms with Crippen LogP contribution in [0, 0.1) is 5.92 Å². The van der Waals surface area contributed by atoms with E-state index < -0.39 is 17.6 Å². The van der Waals surface area contributed by atoms with Gasteiger partial charge in [0.25, 0.3) is 0 Å². The summed E-state index contributed by atoms with van der Waals surface area (Å²) in [5, 5.41) is 0. The minimum absolute atomic E-state index is 0. The predicted molar refractivity (Wildman–Crippen MR) is 130 cm³/mol. The molecule has 0 aliphatic heterocycles. The number of hydrogen-bond acceptors (Lipinski definition) is 6. The average Bonchev–Trinajstić information content (AvgIpc) is 2.63. The lowest BCUT2D eigenvalue weighted by molar-refractivity contribution is 0.0703. The maximum Gasteiger partial charge on any atom is 0.500 e. The summed E-state index contributed by atoms with van der Waals surface area (Å²) in [5.74, 6) is 0.633. The molecule has 0 heterocycles. The first-order chi connectivity index (χ1) is 13.5. The van der Waals surface area contributed by atoms with Crippen molar-refractivity contribution in [2.45, 2.75) is 86.2 Å². The number of rotatable bonds is 20. The van der Waals surface area contributed by atoms with Gasteiger partial charge in [-0.2, -0.15) is 0 Å². The van der Waals surface area contributed by atoms with Gasteiger partial charge in [0.15, 0.2) is 0 Å². The van der Waals surface area contributed by atoms with E-state index in [1.165, 1.54) is 0 Å². The normalized spacial score (nSPS) is 12.4. The van der Waals surface area contributed by atoms with E-state index in [9.17, 15) is 0 Å². The van der Waals surface area contributed by atoms with E-state index in [0.29, 0.717) is 45.6 Å². The van der Waals surface area contributed by atoms with Crippen molar-refractivity contribution in [3.63, 3.8) is 0 Å². The van der Waals surface area contributed by atoms with Crippen LogP contribution in [0.5, 0.6) is 0 Å². The molecule has 0 radical (unpaired) electrons. The van der Waals surface area contributed by atoms with Crippen molar-refractivity contribution in [2.24, 2.45) is 5.92 Å². The summed E-state index contributed by atoms with van der Waals surface area (Å²) in [7, 11) is -5.02. The molecule has 0 aliphatic rings. The lowest BCUT2D eigenvalue weighted by atomic mass is 10.0. The van der Waals surface area contributed by atoms with Gasteiger partial charge in [-0.3, -0.25) is 0 Å². The van der Waals surface area contributed by atoms with Gasteiger partial charge >= 0.3 is 17.6 Å². The molecule has 29 heavy (non-hydrogen) atoms. The second kappa shape index (κ2) is 19.1. The van der Waals surface area contributed by atoms with E-state index in [1.54, 1.807) is 0 Å². The molecule has 0 aliphatic carbocycles. The maximum absolute atomic E-state index is 5.95. The molecule has 0 fully saturated rings. The van der Waals surface area contributed by atoms with Crippen molar-refractivity contribution >= 4 is 28.6 Å². The van der Waals surface area contributed by atoms with Gasteiger partial charge in [0, 0.05) is 51.7 Å². The largest absolute Gasteiger partial charge is 0.500 e. The van der Waals surface area contributed by atoms with Crippen LogP contribution in [0.4, 0.5) is 0 Å². The lowest BCUT2D eigenvalue weighted by Crippen LogP contribution is -2.46. The third-order valence-electron chi connectivity index (χ3n) is 4.55. The summed E-state index contributed by atoms with van der Waals surface area (Å²) in [6, 6.07) is 1.78. The van der Waals surface area contributed by atoms with E-state index in [1.807, 2.05) is 41.5 Å². The van der Waals surface area contributed by atoms with Crippen LogP contribution in [0.1, 0.15) is 74.1 Å². The lowest BCUT2D eigenvalue weighted by Gasteiger charge is -2.29. The molecular weight excluding hydrogens is 420 g/mol. The first-order valence-corrected chi connectivity index (χ1v) is 15.2. The van der Waals surface area contributed by atoms with Crippen LogP contribution in [-0.2, 0) is 26.6 Å². The first-order valence-electron chi connectivity index (χ1n) is 11.3. The van der Waals surface area contributed by atoms with Gasteiger partial charge in [0.2, 0.25) is 0 Å². The summed E-state index contributed by atoms with van der Waals surface area (Å²) in [4.78, 5) is 0. The fourth-order valence-corrected chi connectivity index (χ4v) is 8.76. The highest BCUT2D eigenvalue weighted by Gasteiger charge is 2.40. The summed E-state index contributed by atoms with van der Waals surface area (Å²) >= 11 is 0. The van der Waals surface area contributed by atoms with Crippen LogP contribution >= 0.6 is 0 Å². The summed E-state index contributed by atoms with van der Waals surface area (Å²) in [5.41, 5.74) is 0. The maximum atomic E-state index is 5.95. The minimum Gasteiger partial charge on any atom is -0.374 e. The molecule has 0 atom stereocenters. The number of hydrogen-bond donors (Lipinski definition) is 0. The van der Waals surface area contributed by atoms with Gasteiger partial charge < -0.3 is 26.6 Å². The van der Waals surface area contributed by atoms with Gasteiger partial charge in [-0.15, -0.1) is 0 Å². The quantitative estimate of drug-likeness (QED) is 0.252. The highest BCUT2D eigenvalue weighted by atomic mass is 28.4. The van der Waals surface area contributed by atoms with Crippen LogP contribution in [0.3, 0.4) is 0 Å². The average molecular weight is 471 g/mol. The van der Waals surface area contributed by atoms with Crippen LogP contribution in [0.25, 0.3) is 0 Å². The second-order valence-corrected chi connectivity index (χ2v) is 12.3. The van der Waals surface area contributed by atoms with Gasteiger partial charge in [-0.1, -0.05) is 19.8 Å². The molecule has 0 spiro atoms. The molecule has 0 aromatic rings. The smallest absolute Gasteiger partial charge is 0.374 e. The zero-order chi connectivity index (χ0) is 21.3. The first kappa shape index (κ1) is 31.6. The topological polar surface area (TPSA) is 55.4 Å². The van der Waals surface area contributed by atoms with Gasteiger partial charge in [0.1, 0.15) is 0 Å². The Bertz CT molecular complexity index is 297. The van der Waals surface area contributed by atoms with E-state index in [2.05, 4.69) is 6.92 Å². The Hall–Kier alpha value is 0.411. The Morgan fingerprint density at radius 3 is 0.966 bits per heavy atom. The molecule has 0 N–H and O–H groups in total. The Kier molecular flexibility index (Phi) is 20.8. The molecular formula is C20H50O6Si3.